The number of hydrogen-bond donors (Lipinski definition) is 1. The molecule has 0 radical (unpaired) electrons. The van der Waals surface area contributed by atoms with Crippen LogP contribution in [0.5, 0.6) is 5.75 Å². The molecule has 11 heteroatoms. The van der Waals surface area contributed by atoms with Gasteiger partial charge in [-0.15, -0.1) is 12.4 Å². The first-order chi connectivity index (χ1) is 16.2. The molecule has 0 aliphatic carbocycles. The Labute approximate surface area is 209 Å². The highest BCUT2D eigenvalue weighted by Crippen LogP contribution is 2.36. The fourth-order valence-corrected chi connectivity index (χ4v) is 6.83. The van der Waals surface area contributed by atoms with Crippen LogP contribution in [-0.4, -0.2) is 55.1 Å². The zero-order chi connectivity index (χ0) is 24.0. The lowest BCUT2D eigenvalue weighted by molar-refractivity contribution is 0.0800. The number of carbonyl (C=O) groups excluding carboxylic acids is 1. The van der Waals surface area contributed by atoms with Gasteiger partial charge in [0.25, 0.3) is 5.91 Å². The summed E-state index contributed by atoms with van der Waals surface area (Å²) in [4.78, 5) is 17.7. The summed E-state index contributed by atoms with van der Waals surface area (Å²) in [5.74, 6) is -0.294. The highest BCUT2D eigenvalue weighted by Gasteiger charge is 2.43. The Morgan fingerprint density at radius 1 is 1.20 bits per heavy atom. The van der Waals surface area contributed by atoms with Crippen LogP contribution in [0.3, 0.4) is 0 Å². The molecule has 8 nitrogen and oxygen atoms in total. The van der Waals surface area contributed by atoms with Crippen LogP contribution in [0.1, 0.15) is 42.5 Å². The molecule has 1 N–H and O–H groups in total. The molecular formula is C24H27ClFN3O5S. The van der Waals surface area contributed by atoms with Gasteiger partial charge in [-0.1, -0.05) is 18.6 Å². The number of amides is 1. The lowest BCUT2D eigenvalue weighted by atomic mass is 9.84. The number of nitrogens with zero attached hydrogens (tertiary/aromatic N) is 2. The average Bonchev–Trinajstić information content (AvgIpc) is 3.20. The standard InChI is InChI=1S/C24H26FN3O5S.ClH/c1-32-20-9-4-3-8-18(20)24-27-22-19(10-14(25)11-21(22)33-24)23(29)26-15-12-16-6-5-7-17(13-15)28(16)34(2,30)31;/h3-4,8-11,15-17H,5-7,12-13H2,1-2H3,(H,26,29);1H. The van der Waals surface area contributed by atoms with Crippen molar-refractivity contribution in [1.29, 1.82) is 0 Å². The van der Waals surface area contributed by atoms with E-state index in [4.69, 9.17) is 9.15 Å². The number of aromatic nitrogens is 1. The number of hydrogen-bond acceptors (Lipinski definition) is 6. The smallest absolute Gasteiger partial charge is 0.253 e. The highest BCUT2D eigenvalue weighted by atomic mass is 35.5. The van der Waals surface area contributed by atoms with Crippen molar-refractivity contribution in [2.45, 2.75) is 50.2 Å². The van der Waals surface area contributed by atoms with Crippen molar-refractivity contribution in [1.82, 2.24) is 14.6 Å². The Bertz CT molecular complexity index is 1350. The number of para-hydroxylation sites is 1. The van der Waals surface area contributed by atoms with E-state index in [9.17, 15) is 17.6 Å². The van der Waals surface area contributed by atoms with E-state index in [-0.39, 0.29) is 53.1 Å². The third-order valence-electron chi connectivity index (χ3n) is 6.67. The van der Waals surface area contributed by atoms with Crippen molar-refractivity contribution >= 4 is 39.4 Å². The molecule has 5 rings (SSSR count). The zero-order valence-corrected chi connectivity index (χ0v) is 21.0. The number of oxazole rings is 1. The minimum atomic E-state index is -3.31. The number of carbonyl (C=O) groups is 1. The second-order valence-corrected chi connectivity index (χ2v) is 10.9. The van der Waals surface area contributed by atoms with Gasteiger partial charge in [-0.25, -0.2) is 17.8 Å². The van der Waals surface area contributed by atoms with Crippen LogP contribution in [0.2, 0.25) is 0 Å². The third-order valence-corrected chi connectivity index (χ3v) is 8.03. The molecule has 2 aliphatic heterocycles. The highest BCUT2D eigenvalue weighted by molar-refractivity contribution is 7.88. The maximum absolute atomic E-state index is 14.4. The van der Waals surface area contributed by atoms with Gasteiger partial charge >= 0.3 is 0 Å². The SMILES string of the molecule is COc1ccccc1-c1nc2c(C(=O)NC3CC4CCCC(C3)N4S(C)(=O)=O)cc(F)cc2o1.Cl. The summed E-state index contributed by atoms with van der Waals surface area (Å²) in [6.07, 6.45) is 4.80. The molecule has 2 aliphatic rings. The normalized spacial score (nSPS) is 22.4. The Kier molecular flexibility index (Phi) is 7.08. The quantitative estimate of drug-likeness (QED) is 0.539. The zero-order valence-electron chi connectivity index (χ0n) is 19.4. The molecule has 1 amide bonds. The monoisotopic (exact) mass is 523 g/mol. The molecule has 2 bridgehead atoms. The first-order valence-electron chi connectivity index (χ1n) is 11.3. The first kappa shape index (κ1) is 25.4. The van der Waals surface area contributed by atoms with Gasteiger partial charge in [0.2, 0.25) is 15.9 Å². The van der Waals surface area contributed by atoms with Crippen LogP contribution in [0, 0.1) is 5.82 Å². The Morgan fingerprint density at radius 3 is 2.54 bits per heavy atom. The van der Waals surface area contributed by atoms with Crippen molar-refractivity contribution in [3.8, 4) is 17.2 Å². The molecule has 1 aromatic heterocycles. The lowest BCUT2D eigenvalue weighted by Crippen LogP contribution is -2.58. The van der Waals surface area contributed by atoms with Crippen LogP contribution in [-0.2, 0) is 10.0 Å². The molecule has 2 atom stereocenters. The van der Waals surface area contributed by atoms with Crippen LogP contribution in [0.4, 0.5) is 4.39 Å². The van der Waals surface area contributed by atoms with Gasteiger partial charge in [-0.05, 0) is 43.9 Å². The summed E-state index contributed by atoms with van der Waals surface area (Å²) in [5.41, 5.74) is 1.09. The van der Waals surface area contributed by atoms with E-state index in [2.05, 4.69) is 10.3 Å². The number of ether oxygens (including phenoxy) is 1. The van der Waals surface area contributed by atoms with E-state index in [1.54, 1.807) is 22.5 Å². The molecule has 3 aromatic rings. The van der Waals surface area contributed by atoms with Crippen LogP contribution < -0.4 is 10.1 Å². The number of rotatable bonds is 5. The van der Waals surface area contributed by atoms with Gasteiger partial charge in [-0.2, -0.15) is 4.31 Å². The fraction of sp³-hybridized carbons (Fsp3) is 0.417. The van der Waals surface area contributed by atoms with Crippen molar-refractivity contribution in [2.24, 2.45) is 0 Å². The largest absolute Gasteiger partial charge is 0.496 e. The average molecular weight is 524 g/mol. The second-order valence-electron chi connectivity index (χ2n) is 8.99. The molecule has 0 saturated carbocycles. The molecular weight excluding hydrogens is 497 g/mol. The predicted octanol–water partition coefficient (Wildman–Crippen LogP) is 4.14. The minimum Gasteiger partial charge on any atom is -0.496 e. The number of benzene rings is 2. The van der Waals surface area contributed by atoms with Crippen LogP contribution >= 0.6 is 12.4 Å². The number of sulfonamides is 1. The van der Waals surface area contributed by atoms with E-state index < -0.39 is 21.7 Å². The Hall–Kier alpha value is -2.69. The van der Waals surface area contributed by atoms with Crippen LogP contribution in [0.25, 0.3) is 22.6 Å². The summed E-state index contributed by atoms with van der Waals surface area (Å²) in [7, 11) is -1.78. The van der Waals surface area contributed by atoms with E-state index in [0.717, 1.165) is 25.3 Å². The molecule has 0 spiro atoms. The summed E-state index contributed by atoms with van der Waals surface area (Å²) in [5, 5.41) is 2.99. The van der Waals surface area contributed by atoms with E-state index >= 15 is 0 Å². The molecule has 35 heavy (non-hydrogen) atoms. The van der Waals surface area contributed by atoms with Crippen molar-refractivity contribution in [3.05, 3.63) is 47.8 Å². The number of piperidine rings is 2. The summed E-state index contributed by atoms with van der Waals surface area (Å²) < 4.78 is 51.7. The third kappa shape index (κ3) is 4.87. The maximum atomic E-state index is 14.4. The summed E-state index contributed by atoms with van der Waals surface area (Å²) in [6.45, 7) is 0. The van der Waals surface area contributed by atoms with Gasteiger partial charge < -0.3 is 14.5 Å². The molecule has 2 saturated heterocycles. The van der Waals surface area contributed by atoms with E-state index in [1.807, 2.05) is 6.07 Å². The van der Waals surface area contributed by atoms with Crippen molar-refractivity contribution in [3.63, 3.8) is 0 Å². The predicted molar refractivity (Wildman–Crippen MR) is 132 cm³/mol. The number of halogens is 2. The fourth-order valence-electron chi connectivity index (χ4n) is 5.37. The molecule has 2 unspecified atom stereocenters. The Morgan fingerprint density at radius 2 is 1.89 bits per heavy atom. The number of nitrogens with one attached hydrogen (secondary N) is 1. The van der Waals surface area contributed by atoms with Gasteiger partial charge in [0, 0.05) is 24.2 Å². The van der Waals surface area contributed by atoms with E-state index in [0.29, 0.717) is 24.2 Å². The van der Waals surface area contributed by atoms with Gasteiger partial charge in [-0.3, -0.25) is 4.79 Å². The van der Waals surface area contributed by atoms with Gasteiger partial charge in [0.05, 0.1) is 24.5 Å². The van der Waals surface area contributed by atoms with Gasteiger partial charge in [0.1, 0.15) is 17.1 Å². The molecule has 3 heterocycles. The topological polar surface area (TPSA) is 102 Å². The summed E-state index contributed by atoms with van der Waals surface area (Å²) >= 11 is 0. The summed E-state index contributed by atoms with van der Waals surface area (Å²) in [6, 6.07) is 9.03. The minimum absolute atomic E-state index is 0. The first-order valence-corrected chi connectivity index (χ1v) is 13.1. The second kappa shape index (κ2) is 9.75. The van der Waals surface area contributed by atoms with Gasteiger partial charge in [0.15, 0.2) is 5.58 Å². The molecule has 2 fully saturated rings. The van der Waals surface area contributed by atoms with Crippen molar-refractivity contribution < 1.29 is 26.8 Å². The Balaban J connectivity index is 0.00000289. The number of fused-ring (bicyclic) bond motifs is 3. The molecule has 188 valence electrons. The van der Waals surface area contributed by atoms with Crippen molar-refractivity contribution in [2.75, 3.05) is 13.4 Å². The van der Waals surface area contributed by atoms with Crippen LogP contribution in [0.15, 0.2) is 40.8 Å². The molecule has 2 aromatic carbocycles. The van der Waals surface area contributed by atoms with E-state index in [1.165, 1.54) is 19.4 Å². The maximum Gasteiger partial charge on any atom is 0.253 e. The lowest BCUT2D eigenvalue weighted by Gasteiger charge is -2.47. The number of methoxy groups -OCH3 is 1.